The Balaban J connectivity index is 1.98. The van der Waals surface area contributed by atoms with Crippen LogP contribution in [0.4, 0.5) is 0 Å². The van der Waals surface area contributed by atoms with E-state index in [4.69, 9.17) is 0 Å². The van der Waals surface area contributed by atoms with Gasteiger partial charge in [0.15, 0.2) is 0 Å². The van der Waals surface area contributed by atoms with Gasteiger partial charge >= 0.3 is 0 Å². The fourth-order valence-corrected chi connectivity index (χ4v) is 3.53. The maximum atomic E-state index is 12.1. The first-order valence-corrected chi connectivity index (χ1v) is 7.90. The van der Waals surface area contributed by atoms with Crippen LogP contribution in [0, 0.1) is 0 Å². The standard InChI is InChI=1S/C13H20N2O2S/c1-2-15-10-6-7-12(15)11-14-18(16,17)13-8-4-3-5-9-13/h3-5,8-9,12,14H,2,6-7,10-11H2,1H3/t12-/m0/s1. The molecule has 5 heteroatoms. The molecule has 1 atom stereocenters. The van der Waals surface area contributed by atoms with Crippen LogP contribution in [0.2, 0.25) is 0 Å². The minimum absolute atomic E-state index is 0.339. The highest BCUT2D eigenvalue weighted by Crippen LogP contribution is 2.16. The van der Waals surface area contributed by atoms with Crippen molar-refractivity contribution in [1.82, 2.24) is 9.62 Å². The van der Waals surface area contributed by atoms with Gasteiger partial charge in [0.2, 0.25) is 10.0 Å². The minimum Gasteiger partial charge on any atom is -0.299 e. The van der Waals surface area contributed by atoms with Gasteiger partial charge in [-0.15, -0.1) is 0 Å². The van der Waals surface area contributed by atoms with Crippen LogP contribution in [0.3, 0.4) is 0 Å². The predicted molar refractivity (Wildman–Crippen MR) is 71.9 cm³/mol. The Morgan fingerprint density at radius 1 is 1.33 bits per heavy atom. The van der Waals surface area contributed by atoms with Gasteiger partial charge in [-0.1, -0.05) is 25.1 Å². The lowest BCUT2D eigenvalue weighted by Crippen LogP contribution is -2.39. The second-order valence-electron chi connectivity index (χ2n) is 4.59. The van der Waals surface area contributed by atoms with Crippen LogP contribution in [0.25, 0.3) is 0 Å². The van der Waals surface area contributed by atoms with E-state index >= 15 is 0 Å². The lowest BCUT2D eigenvalue weighted by Gasteiger charge is -2.22. The molecule has 100 valence electrons. The van der Waals surface area contributed by atoms with Crippen molar-refractivity contribution in [2.24, 2.45) is 0 Å². The summed E-state index contributed by atoms with van der Waals surface area (Å²) in [5, 5.41) is 0. The summed E-state index contributed by atoms with van der Waals surface area (Å²) < 4.78 is 26.8. The number of nitrogens with one attached hydrogen (secondary N) is 1. The fraction of sp³-hybridized carbons (Fsp3) is 0.538. The molecule has 1 aliphatic heterocycles. The maximum absolute atomic E-state index is 12.1. The number of hydrogen-bond acceptors (Lipinski definition) is 3. The van der Waals surface area contributed by atoms with Crippen molar-refractivity contribution in [2.45, 2.75) is 30.7 Å². The average Bonchev–Trinajstić information content (AvgIpc) is 2.85. The summed E-state index contributed by atoms with van der Waals surface area (Å²) in [7, 11) is -3.36. The van der Waals surface area contributed by atoms with E-state index in [2.05, 4.69) is 16.5 Å². The molecular formula is C13H20N2O2S. The van der Waals surface area contributed by atoms with Gasteiger partial charge in [0, 0.05) is 12.6 Å². The topological polar surface area (TPSA) is 49.4 Å². The molecule has 1 aromatic carbocycles. The number of likely N-dealkylation sites (N-methyl/N-ethyl adjacent to an activating group) is 1. The molecule has 0 bridgehead atoms. The first-order chi connectivity index (χ1) is 8.63. The van der Waals surface area contributed by atoms with Crippen LogP contribution in [0.15, 0.2) is 35.2 Å². The van der Waals surface area contributed by atoms with E-state index in [0.29, 0.717) is 17.5 Å². The van der Waals surface area contributed by atoms with Crippen molar-refractivity contribution in [1.29, 1.82) is 0 Å². The molecule has 1 aromatic rings. The van der Waals surface area contributed by atoms with E-state index in [9.17, 15) is 8.42 Å². The Kier molecular flexibility index (Phi) is 4.37. The predicted octanol–water partition coefficient (Wildman–Crippen LogP) is 1.45. The van der Waals surface area contributed by atoms with Crippen molar-refractivity contribution < 1.29 is 8.42 Å². The van der Waals surface area contributed by atoms with Crippen molar-refractivity contribution >= 4 is 10.0 Å². The first kappa shape index (κ1) is 13.5. The Hall–Kier alpha value is -0.910. The maximum Gasteiger partial charge on any atom is 0.240 e. The van der Waals surface area contributed by atoms with Crippen molar-refractivity contribution in [2.75, 3.05) is 19.6 Å². The molecule has 0 radical (unpaired) electrons. The zero-order chi connectivity index (χ0) is 13.0. The smallest absolute Gasteiger partial charge is 0.240 e. The van der Waals surface area contributed by atoms with E-state index in [1.165, 1.54) is 0 Å². The molecule has 0 unspecified atom stereocenters. The van der Waals surface area contributed by atoms with Crippen LogP contribution in [-0.4, -0.2) is 39.0 Å². The zero-order valence-electron chi connectivity index (χ0n) is 10.7. The monoisotopic (exact) mass is 268 g/mol. The van der Waals surface area contributed by atoms with Crippen LogP contribution >= 0.6 is 0 Å². The molecule has 1 aliphatic rings. The number of sulfonamides is 1. The number of hydrogen-bond donors (Lipinski definition) is 1. The van der Waals surface area contributed by atoms with E-state index < -0.39 is 10.0 Å². The highest BCUT2D eigenvalue weighted by atomic mass is 32.2. The summed E-state index contributed by atoms with van der Waals surface area (Å²) in [6.07, 6.45) is 2.23. The number of nitrogens with zero attached hydrogens (tertiary/aromatic N) is 1. The van der Waals surface area contributed by atoms with E-state index in [1.807, 2.05) is 6.07 Å². The normalized spacial score (nSPS) is 21.3. The molecule has 4 nitrogen and oxygen atoms in total. The number of likely N-dealkylation sites (tertiary alicyclic amines) is 1. The minimum atomic E-state index is -3.36. The summed E-state index contributed by atoms with van der Waals surface area (Å²) in [5.74, 6) is 0. The second kappa shape index (κ2) is 5.82. The highest BCUT2D eigenvalue weighted by molar-refractivity contribution is 7.89. The molecule has 1 saturated heterocycles. The molecule has 1 fully saturated rings. The molecule has 0 spiro atoms. The Morgan fingerprint density at radius 2 is 2.06 bits per heavy atom. The molecule has 0 aromatic heterocycles. The zero-order valence-corrected chi connectivity index (χ0v) is 11.5. The molecule has 1 heterocycles. The molecule has 0 aliphatic carbocycles. The lowest BCUT2D eigenvalue weighted by molar-refractivity contribution is 0.268. The third-order valence-corrected chi connectivity index (χ3v) is 4.91. The van der Waals surface area contributed by atoms with Gasteiger partial charge in [0.1, 0.15) is 0 Å². The van der Waals surface area contributed by atoms with Gasteiger partial charge in [-0.3, -0.25) is 4.90 Å². The Bertz CT molecular complexity index is 473. The van der Waals surface area contributed by atoms with Gasteiger partial charge in [-0.25, -0.2) is 13.1 Å². The van der Waals surface area contributed by atoms with Crippen LogP contribution < -0.4 is 4.72 Å². The lowest BCUT2D eigenvalue weighted by atomic mass is 10.2. The highest BCUT2D eigenvalue weighted by Gasteiger charge is 2.24. The van der Waals surface area contributed by atoms with Crippen LogP contribution in [0.1, 0.15) is 19.8 Å². The van der Waals surface area contributed by atoms with Gasteiger partial charge in [0.25, 0.3) is 0 Å². The van der Waals surface area contributed by atoms with Crippen LogP contribution in [0.5, 0.6) is 0 Å². The fourth-order valence-electron chi connectivity index (χ4n) is 2.43. The molecule has 2 rings (SSSR count). The molecule has 0 amide bonds. The largest absolute Gasteiger partial charge is 0.299 e. The summed E-state index contributed by atoms with van der Waals surface area (Å²) in [5.41, 5.74) is 0. The van der Waals surface area contributed by atoms with E-state index in [-0.39, 0.29) is 0 Å². The van der Waals surface area contributed by atoms with Gasteiger partial charge in [-0.05, 0) is 38.1 Å². The summed E-state index contributed by atoms with van der Waals surface area (Å²) >= 11 is 0. The van der Waals surface area contributed by atoms with Gasteiger partial charge in [0.05, 0.1) is 4.90 Å². The molecular weight excluding hydrogens is 248 g/mol. The third kappa shape index (κ3) is 3.10. The molecule has 1 N–H and O–H groups in total. The van der Waals surface area contributed by atoms with E-state index in [1.54, 1.807) is 24.3 Å². The van der Waals surface area contributed by atoms with Crippen molar-refractivity contribution in [3.05, 3.63) is 30.3 Å². The summed E-state index contributed by atoms with van der Waals surface area (Å²) in [4.78, 5) is 2.67. The van der Waals surface area contributed by atoms with Crippen LogP contribution in [-0.2, 0) is 10.0 Å². The van der Waals surface area contributed by atoms with E-state index in [0.717, 1.165) is 25.9 Å². The average molecular weight is 268 g/mol. The third-order valence-electron chi connectivity index (χ3n) is 3.47. The summed E-state index contributed by atoms with van der Waals surface area (Å²) in [6, 6.07) is 8.87. The molecule has 18 heavy (non-hydrogen) atoms. The Morgan fingerprint density at radius 3 is 2.72 bits per heavy atom. The van der Waals surface area contributed by atoms with Crippen molar-refractivity contribution in [3.8, 4) is 0 Å². The quantitative estimate of drug-likeness (QED) is 0.879. The first-order valence-electron chi connectivity index (χ1n) is 6.42. The Labute approximate surface area is 109 Å². The second-order valence-corrected chi connectivity index (χ2v) is 6.36. The van der Waals surface area contributed by atoms with Gasteiger partial charge in [-0.2, -0.15) is 0 Å². The van der Waals surface area contributed by atoms with Crippen molar-refractivity contribution in [3.63, 3.8) is 0 Å². The van der Waals surface area contributed by atoms with Gasteiger partial charge < -0.3 is 0 Å². The molecule has 0 saturated carbocycles. The SMILES string of the molecule is CCN1CCC[C@H]1CNS(=O)(=O)c1ccccc1. The summed E-state index contributed by atoms with van der Waals surface area (Å²) in [6.45, 7) is 4.68. The number of benzene rings is 1. The number of rotatable bonds is 5.